The molecular weight excluding hydrogens is 274 g/mol. The van der Waals surface area contributed by atoms with E-state index in [-0.39, 0.29) is 6.04 Å². The van der Waals surface area contributed by atoms with E-state index in [0.717, 1.165) is 17.7 Å². The van der Waals surface area contributed by atoms with E-state index in [4.69, 9.17) is 15.2 Å². The van der Waals surface area contributed by atoms with Crippen molar-refractivity contribution in [2.45, 2.75) is 26.3 Å². The van der Waals surface area contributed by atoms with Gasteiger partial charge in [-0.2, -0.15) is 0 Å². The second kappa shape index (κ2) is 8.27. The van der Waals surface area contributed by atoms with Gasteiger partial charge in [-0.05, 0) is 18.4 Å². The molecule has 4 nitrogen and oxygen atoms in total. The third-order valence-electron chi connectivity index (χ3n) is 3.13. The van der Waals surface area contributed by atoms with E-state index in [1.54, 1.807) is 20.3 Å². The van der Waals surface area contributed by atoms with Gasteiger partial charge in [0.2, 0.25) is 0 Å². The maximum Gasteiger partial charge on any atom is 0.127 e. The smallest absolute Gasteiger partial charge is 0.127 e. The molecule has 20 heavy (non-hydrogen) atoms. The van der Waals surface area contributed by atoms with Crippen LogP contribution in [0.15, 0.2) is 18.2 Å². The van der Waals surface area contributed by atoms with Crippen molar-refractivity contribution in [1.82, 2.24) is 0 Å². The van der Waals surface area contributed by atoms with Crippen molar-refractivity contribution in [1.29, 1.82) is 0 Å². The van der Waals surface area contributed by atoms with Crippen LogP contribution in [0.3, 0.4) is 0 Å². The molecule has 2 unspecified atom stereocenters. The van der Waals surface area contributed by atoms with E-state index >= 15 is 0 Å². The van der Waals surface area contributed by atoms with Gasteiger partial charge < -0.3 is 15.2 Å². The molecule has 1 rings (SSSR count). The summed E-state index contributed by atoms with van der Waals surface area (Å²) in [5, 5.41) is 0. The van der Waals surface area contributed by atoms with E-state index in [1.807, 2.05) is 12.1 Å². The van der Waals surface area contributed by atoms with Crippen LogP contribution < -0.4 is 15.2 Å². The van der Waals surface area contributed by atoms with Crippen LogP contribution in [0.4, 0.5) is 0 Å². The summed E-state index contributed by atoms with van der Waals surface area (Å²) in [7, 11) is 2.30. The van der Waals surface area contributed by atoms with Gasteiger partial charge >= 0.3 is 0 Å². The second-order valence-corrected chi connectivity index (χ2v) is 6.83. The number of hydrogen-bond acceptors (Lipinski definition) is 4. The Balaban J connectivity index is 2.71. The highest BCUT2D eigenvalue weighted by atomic mass is 32.2. The molecule has 114 valence electrons. The number of ether oxygens (including phenoxy) is 2. The van der Waals surface area contributed by atoms with Gasteiger partial charge in [0.05, 0.1) is 14.2 Å². The lowest BCUT2D eigenvalue weighted by molar-refractivity contribution is 0.389. The molecule has 2 atom stereocenters. The molecule has 0 spiro atoms. The van der Waals surface area contributed by atoms with Crippen LogP contribution in [-0.2, 0) is 10.8 Å². The normalized spacial score (nSPS) is 14.1. The van der Waals surface area contributed by atoms with Crippen molar-refractivity contribution >= 4 is 10.8 Å². The Morgan fingerprint density at radius 1 is 1.25 bits per heavy atom. The highest BCUT2D eigenvalue weighted by Crippen LogP contribution is 2.28. The molecule has 2 N–H and O–H groups in total. The van der Waals surface area contributed by atoms with Crippen molar-refractivity contribution in [3.05, 3.63) is 23.8 Å². The summed E-state index contributed by atoms with van der Waals surface area (Å²) in [6.07, 6.45) is 0.957. The molecule has 0 amide bonds. The Kier molecular flexibility index (Phi) is 7.02. The van der Waals surface area contributed by atoms with E-state index in [0.29, 0.717) is 23.2 Å². The van der Waals surface area contributed by atoms with Crippen LogP contribution in [0.5, 0.6) is 11.5 Å². The topological polar surface area (TPSA) is 61.5 Å². The van der Waals surface area contributed by atoms with Crippen molar-refractivity contribution in [3.63, 3.8) is 0 Å². The fraction of sp³-hybridized carbons (Fsp3) is 0.600. The first-order valence-corrected chi connectivity index (χ1v) is 8.29. The van der Waals surface area contributed by atoms with E-state index in [9.17, 15) is 4.21 Å². The highest BCUT2D eigenvalue weighted by Gasteiger charge is 2.16. The van der Waals surface area contributed by atoms with Crippen LogP contribution >= 0.6 is 0 Å². The summed E-state index contributed by atoms with van der Waals surface area (Å²) in [5.74, 6) is 3.11. The Bertz CT molecular complexity index is 449. The molecule has 5 heteroatoms. The average molecular weight is 299 g/mol. The molecule has 0 heterocycles. The quantitative estimate of drug-likeness (QED) is 0.801. The van der Waals surface area contributed by atoms with Crippen molar-refractivity contribution in [2.75, 3.05) is 25.7 Å². The number of rotatable bonds is 8. The summed E-state index contributed by atoms with van der Waals surface area (Å²) in [4.78, 5) is 0. The largest absolute Gasteiger partial charge is 0.497 e. The Hall–Kier alpha value is -1.07. The van der Waals surface area contributed by atoms with Crippen molar-refractivity contribution < 1.29 is 13.7 Å². The molecule has 0 aromatic heterocycles. The minimum absolute atomic E-state index is 0.288. The molecule has 0 aliphatic carbocycles. The minimum Gasteiger partial charge on any atom is -0.497 e. The Morgan fingerprint density at radius 2 is 1.95 bits per heavy atom. The molecule has 0 aliphatic heterocycles. The first-order valence-electron chi connectivity index (χ1n) is 6.80. The summed E-state index contributed by atoms with van der Waals surface area (Å²) in [5.41, 5.74) is 7.02. The predicted molar refractivity (Wildman–Crippen MR) is 83.8 cm³/mol. The van der Waals surface area contributed by atoms with Crippen LogP contribution in [0, 0.1) is 5.92 Å². The zero-order valence-electron chi connectivity index (χ0n) is 12.7. The molecule has 0 saturated carbocycles. The number of methoxy groups -OCH3 is 2. The fourth-order valence-corrected chi connectivity index (χ4v) is 3.35. The first kappa shape index (κ1) is 17.0. The molecule has 0 aliphatic rings. The van der Waals surface area contributed by atoms with Gasteiger partial charge in [-0.3, -0.25) is 4.21 Å². The molecular formula is C15H25NO3S. The minimum atomic E-state index is -0.900. The summed E-state index contributed by atoms with van der Waals surface area (Å²) < 4.78 is 22.5. The molecule has 1 aromatic rings. The maximum atomic E-state index is 12.0. The lowest BCUT2D eigenvalue weighted by Crippen LogP contribution is -2.20. The van der Waals surface area contributed by atoms with Gasteiger partial charge in [-0.15, -0.1) is 0 Å². The molecule has 0 radical (unpaired) electrons. The predicted octanol–water partition coefficient (Wildman–Crippen LogP) is 2.50. The zero-order chi connectivity index (χ0) is 15.1. The molecule has 0 bridgehead atoms. The maximum absolute atomic E-state index is 12.0. The SMILES string of the molecule is COc1ccc(C(N)CS(=O)CCC(C)C)c(OC)c1. The fourth-order valence-electron chi connectivity index (χ4n) is 1.87. The number of hydrogen-bond donors (Lipinski definition) is 1. The van der Waals surface area contributed by atoms with E-state index < -0.39 is 10.8 Å². The molecule has 0 fully saturated rings. The second-order valence-electron chi connectivity index (χ2n) is 5.21. The van der Waals surface area contributed by atoms with Crippen molar-refractivity contribution in [3.8, 4) is 11.5 Å². The number of benzene rings is 1. The Labute approximate surface area is 124 Å². The lowest BCUT2D eigenvalue weighted by atomic mass is 10.1. The van der Waals surface area contributed by atoms with Gasteiger partial charge in [0.1, 0.15) is 11.5 Å². The van der Waals surface area contributed by atoms with Crippen molar-refractivity contribution in [2.24, 2.45) is 11.7 Å². The van der Waals surface area contributed by atoms with Gasteiger partial charge in [-0.1, -0.05) is 19.9 Å². The molecule has 0 saturated heterocycles. The monoisotopic (exact) mass is 299 g/mol. The van der Waals surface area contributed by atoms with Crippen LogP contribution in [-0.4, -0.2) is 29.9 Å². The average Bonchev–Trinajstić information content (AvgIpc) is 2.44. The van der Waals surface area contributed by atoms with E-state index in [1.165, 1.54) is 0 Å². The van der Waals surface area contributed by atoms with Crippen LogP contribution in [0.2, 0.25) is 0 Å². The third kappa shape index (κ3) is 5.13. The van der Waals surface area contributed by atoms with Gasteiger partial charge in [-0.25, -0.2) is 0 Å². The van der Waals surface area contributed by atoms with Crippen LogP contribution in [0.25, 0.3) is 0 Å². The lowest BCUT2D eigenvalue weighted by Gasteiger charge is -2.16. The summed E-state index contributed by atoms with van der Waals surface area (Å²) in [6.45, 7) is 4.26. The van der Waals surface area contributed by atoms with E-state index in [2.05, 4.69) is 13.8 Å². The standard InChI is InChI=1S/C15H25NO3S/c1-11(2)7-8-20(17)10-14(16)13-6-5-12(18-3)9-15(13)19-4/h5-6,9,11,14H,7-8,10,16H2,1-4H3. The summed E-state index contributed by atoms with van der Waals surface area (Å²) in [6, 6.07) is 5.23. The molecule has 1 aromatic carbocycles. The summed E-state index contributed by atoms with van der Waals surface area (Å²) >= 11 is 0. The Morgan fingerprint density at radius 3 is 2.50 bits per heavy atom. The number of nitrogens with two attached hydrogens (primary N) is 1. The van der Waals surface area contributed by atoms with Crippen LogP contribution in [0.1, 0.15) is 31.9 Å². The highest BCUT2D eigenvalue weighted by molar-refractivity contribution is 7.85. The first-order chi connectivity index (χ1) is 9.47. The van der Waals surface area contributed by atoms with Gasteiger partial charge in [0, 0.05) is 40.0 Å². The van der Waals surface area contributed by atoms with Gasteiger partial charge in [0.15, 0.2) is 0 Å². The zero-order valence-corrected chi connectivity index (χ0v) is 13.5. The third-order valence-corrected chi connectivity index (χ3v) is 4.55. The van der Waals surface area contributed by atoms with Gasteiger partial charge in [0.25, 0.3) is 0 Å².